The molecule has 0 aliphatic carbocycles. The summed E-state index contributed by atoms with van der Waals surface area (Å²) in [5, 5.41) is 4.97. The van der Waals surface area contributed by atoms with Crippen LogP contribution in [0, 0.1) is 0 Å². The number of carbonyl (C=O) groups is 2. The fourth-order valence-corrected chi connectivity index (χ4v) is 4.76. The van der Waals surface area contributed by atoms with Gasteiger partial charge >= 0.3 is 6.09 Å². The Morgan fingerprint density at radius 2 is 1.88 bits per heavy atom. The van der Waals surface area contributed by atoms with Crippen LogP contribution in [0.2, 0.25) is 0 Å². The predicted molar refractivity (Wildman–Crippen MR) is 132 cm³/mol. The number of rotatable bonds is 6. The van der Waals surface area contributed by atoms with Gasteiger partial charge in [0.1, 0.15) is 18.8 Å². The molecular weight excluding hydrogens is 454 g/mol. The van der Waals surface area contributed by atoms with Crippen molar-refractivity contribution in [1.29, 1.82) is 0 Å². The highest BCUT2D eigenvalue weighted by atomic mass is 32.1. The summed E-state index contributed by atoms with van der Waals surface area (Å²) < 4.78 is 16.7. The molecule has 1 aromatic heterocycles. The maximum absolute atomic E-state index is 13.4. The molecule has 0 radical (unpaired) electrons. The summed E-state index contributed by atoms with van der Waals surface area (Å²) in [6.45, 7) is 8.88. The third-order valence-electron chi connectivity index (χ3n) is 5.70. The number of hydrogen-bond donors (Lipinski definition) is 1. The summed E-state index contributed by atoms with van der Waals surface area (Å²) in [5.41, 5.74) is 0.279. The fourth-order valence-electron chi connectivity index (χ4n) is 4.07. The zero-order valence-electron chi connectivity index (χ0n) is 20.0. The van der Waals surface area contributed by atoms with Gasteiger partial charge in [-0.25, -0.2) is 4.79 Å². The fraction of sp³-hybridized carbons (Fsp3) is 0.520. The average molecular weight is 488 g/mol. The second-order valence-electron chi connectivity index (χ2n) is 9.58. The second kappa shape index (κ2) is 10.7. The van der Waals surface area contributed by atoms with Crippen molar-refractivity contribution in [3.8, 4) is 11.5 Å². The highest BCUT2D eigenvalue weighted by Crippen LogP contribution is 2.35. The molecule has 1 fully saturated rings. The number of hydrogen-bond acceptors (Lipinski definition) is 7. The number of anilines is 1. The maximum Gasteiger partial charge on any atom is 0.407 e. The first-order valence-electron chi connectivity index (χ1n) is 11.7. The van der Waals surface area contributed by atoms with Crippen LogP contribution < -0.4 is 19.7 Å². The summed E-state index contributed by atoms with van der Waals surface area (Å²) in [4.78, 5) is 30.6. The predicted octanol–water partition coefficient (Wildman–Crippen LogP) is 4.04. The third-order valence-corrected chi connectivity index (χ3v) is 6.56. The van der Waals surface area contributed by atoms with Crippen molar-refractivity contribution >= 4 is 29.0 Å². The average Bonchev–Trinajstić information content (AvgIpc) is 3.30. The van der Waals surface area contributed by atoms with E-state index in [0.717, 1.165) is 36.5 Å². The molecule has 8 nitrogen and oxygen atoms in total. The Kier molecular flexibility index (Phi) is 7.63. The van der Waals surface area contributed by atoms with Crippen LogP contribution in [0.3, 0.4) is 0 Å². The van der Waals surface area contributed by atoms with E-state index in [9.17, 15) is 9.59 Å². The van der Waals surface area contributed by atoms with Gasteiger partial charge < -0.3 is 24.4 Å². The Morgan fingerprint density at radius 1 is 1.15 bits per heavy atom. The number of alkyl carbamates (subject to hydrolysis) is 1. The molecular formula is C25H33N3O5S. The lowest BCUT2D eigenvalue weighted by molar-refractivity contribution is -0.120. The molecule has 1 saturated heterocycles. The number of nitrogens with zero attached hydrogens (tertiary/aromatic N) is 2. The quantitative estimate of drug-likeness (QED) is 0.662. The molecule has 3 heterocycles. The van der Waals surface area contributed by atoms with Crippen molar-refractivity contribution in [2.24, 2.45) is 0 Å². The minimum Gasteiger partial charge on any atom is -0.486 e. The number of amides is 2. The first-order chi connectivity index (χ1) is 16.3. The summed E-state index contributed by atoms with van der Waals surface area (Å²) in [7, 11) is 0. The van der Waals surface area contributed by atoms with Crippen molar-refractivity contribution in [2.75, 3.05) is 37.7 Å². The molecule has 1 N–H and O–H groups in total. The maximum atomic E-state index is 13.4. The Hall–Kier alpha value is -2.78. The van der Waals surface area contributed by atoms with Crippen molar-refractivity contribution in [3.63, 3.8) is 0 Å². The third kappa shape index (κ3) is 6.64. The van der Waals surface area contributed by atoms with E-state index in [-0.39, 0.29) is 18.0 Å². The van der Waals surface area contributed by atoms with Crippen LogP contribution in [0.15, 0.2) is 35.7 Å². The van der Waals surface area contributed by atoms with Crippen molar-refractivity contribution in [2.45, 2.75) is 51.8 Å². The van der Waals surface area contributed by atoms with Crippen LogP contribution in [0.1, 0.15) is 38.5 Å². The lowest BCUT2D eigenvalue weighted by Crippen LogP contribution is -2.48. The van der Waals surface area contributed by atoms with E-state index in [1.165, 1.54) is 0 Å². The zero-order valence-corrected chi connectivity index (χ0v) is 20.9. The number of thiophene rings is 1. The van der Waals surface area contributed by atoms with Gasteiger partial charge in [-0.15, -0.1) is 11.3 Å². The SMILES string of the molecule is CC(C)(C)OC(=O)NC1CCN(CC(=O)N(Cc2cccs2)c2ccc3c(c2)OCCO3)CC1. The molecule has 184 valence electrons. The molecule has 9 heteroatoms. The van der Waals surface area contributed by atoms with Gasteiger partial charge in [-0.3, -0.25) is 9.69 Å². The highest BCUT2D eigenvalue weighted by Gasteiger charge is 2.27. The number of likely N-dealkylation sites (tertiary alicyclic amines) is 1. The van der Waals surface area contributed by atoms with E-state index in [0.29, 0.717) is 37.8 Å². The van der Waals surface area contributed by atoms with E-state index in [2.05, 4.69) is 10.2 Å². The van der Waals surface area contributed by atoms with Gasteiger partial charge in [0.15, 0.2) is 11.5 Å². The van der Waals surface area contributed by atoms with Crippen molar-refractivity contribution < 1.29 is 23.8 Å². The molecule has 34 heavy (non-hydrogen) atoms. The number of fused-ring (bicyclic) bond motifs is 1. The van der Waals surface area contributed by atoms with E-state index >= 15 is 0 Å². The van der Waals surface area contributed by atoms with E-state index in [4.69, 9.17) is 14.2 Å². The Labute approximate surface area is 204 Å². The van der Waals surface area contributed by atoms with Crippen LogP contribution in [0.25, 0.3) is 0 Å². The standard InChI is InChI=1S/C25H33N3O5S/c1-25(2,3)33-24(30)26-18-8-10-27(11-9-18)17-23(29)28(16-20-5-4-14-34-20)19-6-7-21-22(15-19)32-13-12-31-21/h4-7,14-15,18H,8-13,16-17H2,1-3H3,(H,26,30). The molecule has 1 aromatic carbocycles. The number of nitrogens with one attached hydrogen (secondary N) is 1. The smallest absolute Gasteiger partial charge is 0.407 e. The van der Waals surface area contributed by atoms with Crippen LogP contribution in [0.4, 0.5) is 10.5 Å². The minimum atomic E-state index is -0.517. The first kappa shape index (κ1) is 24.3. The number of benzene rings is 1. The Bertz CT molecular complexity index is 981. The lowest BCUT2D eigenvalue weighted by Gasteiger charge is -2.34. The molecule has 0 unspecified atom stereocenters. The van der Waals surface area contributed by atoms with Gasteiger partial charge in [-0.2, -0.15) is 0 Å². The van der Waals surface area contributed by atoms with Gasteiger partial charge in [0.05, 0.1) is 13.1 Å². The minimum absolute atomic E-state index is 0.0311. The van der Waals surface area contributed by atoms with Gasteiger partial charge in [-0.05, 0) is 57.2 Å². The molecule has 0 saturated carbocycles. The van der Waals surface area contributed by atoms with Crippen molar-refractivity contribution in [1.82, 2.24) is 10.2 Å². The Balaban J connectivity index is 1.37. The highest BCUT2D eigenvalue weighted by molar-refractivity contribution is 7.09. The summed E-state index contributed by atoms with van der Waals surface area (Å²) in [6, 6.07) is 9.76. The van der Waals surface area contributed by atoms with Crippen LogP contribution in [-0.2, 0) is 16.1 Å². The van der Waals surface area contributed by atoms with Gasteiger partial charge in [0, 0.05) is 35.8 Å². The van der Waals surface area contributed by atoms with Crippen LogP contribution in [0.5, 0.6) is 11.5 Å². The monoisotopic (exact) mass is 487 g/mol. The molecule has 4 rings (SSSR count). The first-order valence-corrected chi connectivity index (χ1v) is 12.6. The molecule has 2 aliphatic heterocycles. The van der Waals surface area contributed by atoms with E-state index < -0.39 is 5.60 Å². The Morgan fingerprint density at radius 3 is 2.56 bits per heavy atom. The second-order valence-corrected chi connectivity index (χ2v) is 10.6. The topological polar surface area (TPSA) is 80.3 Å². The van der Waals surface area contributed by atoms with E-state index in [1.807, 2.05) is 61.4 Å². The van der Waals surface area contributed by atoms with Crippen LogP contribution in [-0.4, -0.2) is 61.4 Å². The summed E-state index contributed by atoms with van der Waals surface area (Å²) >= 11 is 1.63. The number of piperidine rings is 1. The summed E-state index contributed by atoms with van der Waals surface area (Å²) in [6.07, 6.45) is 1.17. The zero-order chi connectivity index (χ0) is 24.1. The molecule has 0 bridgehead atoms. The molecule has 2 aliphatic rings. The van der Waals surface area contributed by atoms with E-state index in [1.54, 1.807) is 11.3 Å². The molecule has 0 spiro atoms. The van der Waals surface area contributed by atoms with Gasteiger partial charge in [-0.1, -0.05) is 6.07 Å². The van der Waals surface area contributed by atoms with Crippen molar-refractivity contribution in [3.05, 3.63) is 40.6 Å². The molecule has 2 amide bonds. The largest absolute Gasteiger partial charge is 0.486 e. The molecule has 0 atom stereocenters. The lowest BCUT2D eigenvalue weighted by atomic mass is 10.1. The van der Waals surface area contributed by atoms with Gasteiger partial charge in [0.2, 0.25) is 5.91 Å². The number of ether oxygens (including phenoxy) is 3. The van der Waals surface area contributed by atoms with Crippen LogP contribution >= 0.6 is 11.3 Å². The summed E-state index contributed by atoms with van der Waals surface area (Å²) in [5.74, 6) is 1.41. The number of carbonyl (C=O) groups excluding carboxylic acids is 2. The van der Waals surface area contributed by atoms with Gasteiger partial charge in [0.25, 0.3) is 0 Å². The normalized spacial score (nSPS) is 16.7. The molecule has 2 aromatic rings.